The number of nitrogens with one attached hydrogen (secondary N) is 1. The number of carbonyl (C=O) groups excluding carboxylic acids is 3. The number of nitrogens with zero attached hydrogens (tertiary/aromatic N) is 2. The van der Waals surface area contributed by atoms with Crippen molar-refractivity contribution in [3.63, 3.8) is 0 Å². The maximum Gasteiger partial charge on any atom is 0.325 e. The summed E-state index contributed by atoms with van der Waals surface area (Å²) < 4.78 is 0. The van der Waals surface area contributed by atoms with Gasteiger partial charge in [0.15, 0.2) is 0 Å². The molecule has 0 radical (unpaired) electrons. The summed E-state index contributed by atoms with van der Waals surface area (Å²) in [7, 11) is 0. The van der Waals surface area contributed by atoms with Crippen LogP contribution in [0.25, 0.3) is 0 Å². The molecule has 0 aliphatic carbocycles. The molecule has 6 nitrogen and oxygen atoms in total. The summed E-state index contributed by atoms with van der Waals surface area (Å²) in [6.45, 7) is 0.778. The summed E-state index contributed by atoms with van der Waals surface area (Å²) in [6.07, 6.45) is 0.398. The molecule has 0 saturated carbocycles. The molecule has 4 amide bonds. The predicted octanol–water partition coefficient (Wildman–Crippen LogP) is 2.68. The summed E-state index contributed by atoms with van der Waals surface area (Å²) in [5.74, 6) is -0.476. The van der Waals surface area contributed by atoms with Crippen molar-refractivity contribution in [3.05, 3.63) is 70.7 Å². The molecule has 2 aromatic rings. The first kappa shape index (κ1) is 17.5. The van der Waals surface area contributed by atoms with E-state index in [9.17, 15) is 14.4 Å². The van der Waals surface area contributed by atoms with E-state index in [2.05, 4.69) is 5.32 Å². The highest BCUT2D eigenvalue weighted by Crippen LogP contribution is 2.30. The van der Waals surface area contributed by atoms with Gasteiger partial charge in [0, 0.05) is 17.1 Å². The number of benzene rings is 2. The zero-order chi connectivity index (χ0) is 19.0. The molecule has 2 aliphatic rings. The van der Waals surface area contributed by atoms with Crippen LogP contribution >= 0.6 is 11.6 Å². The molecule has 2 aliphatic heterocycles. The van der Waals surface area contributed by atoms with E-state index < -0.39 is 11.6 Å². The van der Waals surface area contributed by atoms with Crippen LogP contribution in [0.3, 0.4) is 0 Å². The van der Waals surface area contributed by atoms with Gasteiger partial charge in [0.2, 0.25) is 0 Å². The molecule has 1 spiro atoms. The smallest absolute Gasteiger partial charge is 0.325 e. The minimum atomic E-state index is -1.04. The van der Waals surface area contributed by atoms with Gasteiger partial charge in [-0.2, -0.15) is 0 Å². The van der Waals surface area contributed by atoms with E-state index in [-0.39, 0.29) is 24.9 Å². The molecule has 0 aromatic heterocycles. The van der Waals surface area contributed by atoms with Gasteiger partial charge in [0.05, 0.1) is 13.1 Å². The lowest BCUT2D eigenvalue weighted by molar-refractivity contribution is -0.131. The average Bonchev–Trinajstić information content (AvgIpc) is 3.19. The van der Waals surface area contributed by atoms with Gasteiger partial charge in [-0.3, -0.25) is 14.5 Å². The van der Waals surface area contributed by atoms with Gasteiger partial charge in [-0.05, 0) is 30.2 Å². The van der Waals surface area contributed by atoms with E-state index in [1.807, 2.05) is 30.3 Å². The summed E-state index contributed by atoms with van der Waals surface area (Å²) in [6, 6.07) is 15.6. The quantitative estimate of drug-likeness (QED) is 0.828. The minimum Gasteiger partial charge on any atom is -0.336 e. The Kier molecular flexibility index (Phi) is 4.36. The van der Waals surface area contributed by atoms with Crippen LogP contribution in [0.4, 0.5) is 4.79 Å². The third kappa shape index (κ3) is 3.17. The summed E-state index contributed by atoms with van der Waals surface area (Å²) in [5.41, 5.74) is 0.306. The molecule has 2 heterocycles. The minimum absolute atomic E-state index is 0.161. The van der Waals surface area contributed by atoms with Crippen molar-refractivity contribution in [1.82, 2.24) is 15.1 Å². The highest BCUT2D eigenvalue weighted by molar-refractivity contribution is 6.31. The fourth-order valence-electron chi connectivity index (χ4n) is 3.65. The van der Waals surface area contributed by atoms with E-state index in [0.29, 0.717) is 23.6 Å². The van der Waals surface area contributed by atoms with Crippen molar-refractivity contribution < 1.29 is 14.4 Å². The van der Waals surface area contributed by atoms with Gasteiger partial charge in [-0.15, -0.1) is 0 Å². The Morgan fingerprint density at radius 2 is 1.89 bits per heavy atom. The normalized spacial score (nSPS) is 21.8. The first-order chi connectivity index (χ1) is 13.0. The monoisotopic (exact) mass is 383 g/mol. The van der Waals surface area contributed by atoms with E-state index in [0.717, 1.165) is 5.56 Å². The number of hydrogen-bond donors (Lipinski definition) is 1. The molecular formula is C20H18ClN3O3. The van der Waals surface area contributed by atoms with Gasteiger partial charge >= 0.3 is 6.03 Å². The SMILES string of the molecule is O=C(c1cccc(Cl)c1)N1CCC2(C1)NC(=O)N(Cc1ccccc1)C2=O. The van der Waals surface area contributed by atoms with Gasteiger partial charge in [-0.25, -0.2) is 4.79 Å². The molecular weight excluding hydrogens is 366 g/mol. The third-order valence-electron chi connectivity index (χ3n) is 5.06. The van der Waals surface area contributed by atoms with Crippen LogP contribution in [-0.4, -0.2) is 46.3 Å². The van der Waals surface area contributed by atoms with Crippen molar-refractivity contribution in [1.29, 1.82) is 0 Å². The molecule has 2 saturated heterocycles. The van der Waals surface area contributed by atoms with Gasteiger partial charge in [-0.1, -0.05) is 48.0 Å². The van der Waals surface area contributed by atoms with Crippen LogP contribution in [-0.2, 0) is 11.3 Å². The molecule has 2 aromatic carbocycles. The van der Waals surface area contributed by atoms with Crippen molar-refractivity contribution in [2.45, 2.75) is 18.5 Å². The Bertz CT molecular complexity index is 918. The number of amides is 4. The largest absolute Gasteiger partial charge is 0.336 e. The lowest BCUT2D eigenvalue weighted by atomic mass is 9.99. The Morgan fingerprint density at radius 3 is 2.63 bits per heavy atom. The third-order valence-corrected chi connectivity index (χ3v) is 5.29. The number of urea groups is 1. The van der Waals surface area contributed by atoms with E-state index >= 15 is 0 Å². The van der Waals surface area contributed by atoms with Crippen molar-refractivity contribution in [2.24, 2.45) is 0 Å². The Labute approximate surface area is 161 Å². The van der Waals surface area contributed by atoms with Crippen LogP contribution in [0.5, 0.6) is 0 Å². The lowest BCUT2D eigenvalue weighted by Crippen LogP contribution is -2.49. The van der Waals surface area contributed by atoms with Crippen LogP contribution in [0.15, 0.2) is 54.6 Å². The summed E-state index contributed by atoms with van der Waals surface area (Å²) in [5, 5.41) is 3.30. The second-order valence-electron chi connectivity index (χ2n) is 6.88. The standard InChI is InChI=1S/C20H18ClN3O3/c21-16-8-4-7-15(11-16)17(25)23-10-9-20(13-23)18(26)24(19(27)22-20)12-14-5-2-1-3-6-14/h1-8,11H,9-10,12-13H2,(H,22,27). The number of hydrogen-bond acceptors (Lipinski definition) is 3. The number of rotatable bonds is 3. The second-order valence-corrected chi connectivity index (χ2v) is 7.31. The fraction of sp³-hybridized carbons (Fsp3) is 0.250. The van der Waals surface area contributed by atoms with Gasteiger partial charge < -0.3 is 10.2 Å². The Morgan fingerprint density at radius 1 is 1.11 bits per heavy atom. The van der Waals surface area contributed by atoms with Crippen LogP contribution in [0, 0.1) is 0 Å². The van der Waals surface area contributed by atoms with E-state index in [1.54, 1.807) is 29.2 Å². The maximum atomic E-state index is 13.0. The topological polar surface area (TPSA) is 69.7 Å². The molecule has 1 atom stereocenters. The van der Waals surface area contributed by atoms with Crippen molar-refractivity contribution >= 4 is 29.4 Å². The number of imide groups is 1. The zero-order valence-electron chi connectivity index (χ0n) is 14.5. The fourth-order valence-corrected chi connectivity index (χ4v) is 3.84. The first-order valence-corrected chi connectivity index (χ1v) is 9.09. The average molecular weight is 384 g/mol. The molecule has 138 valence electrons. The summed E-state index contributed by atoms with van der Waals surface area (Å²) >= 11 is 5.97. The van der Waals surface area contributed by atoms with Crippen molar-refractivity contribution in [2.75, 3.05) is 13.1 Å². The molecule has 1 N–H and O–H groups in total. The zero-order valence-corrected chi connectivity index (χ0v) is 15.3. The van der Waals surface area contributed by atoms with Crippen LogP contribution in [0.1, 0.15) is 22.3 Å². The van der Waals surface area contributed by atoms with Gasteiger partial charge in [0.1, 0.15) is 5.54 Å². The van der Waals surface area contributed by atoms with Gasteiger partial charge in [0.25, 0.3) is 11.8 Å². The molecule has 2 fully saturated rings. The molecule has 27 heavy (non-hydrogen) atoms. The Balaban J connectivity index is 1.51. The Hall–Kier alpha value is -2.86. The summed E-state index contributed by atoms with van der Waals surface area (Å²) in [4.78, 5) is 40.9. The lowest BCUT2D eigenvalue weighted by Gasteiger charge is -2.22. The molecule has 1 unspecified atom stereocenters. The van der Waals surface area contributed by atoms with E-state index in [1.165, 1.54) is 4.90 Å². The van der Waals surface area contributed by atoms with Crippen molar-refractivity contribution in [3.8, 4) is 0 Å². The first-order valence-electron chi connectivity index (χ1n) is 8.71. The highest BCUT2D eigenvalue weighted by atomic mass is 35.5. The number of halogens is 1. The second kappa shape index (κ2) is 6.70. The molecule has 7 heteroatoms. The van der Waals surface area contributed by atoms with Crippen LogP contribution in [0.2, 0.25) is 5.02 Å². The molecule has 0 bridgehead atoms. The number of likely N-dealkylation sites (tertiary alicyclic amines) is 1. The number of carbonyl (C=O) groups is 3. The maximum absolute atomic E-state index is 13.0. The highest BCUT2D eigenvalue weighted by Gasteiger charge is 2.55. The van der Waals surface area contributed by atoms with Crippen LogP contribution < -0.4 is 5.32 Å². The predicted molar refractivity (Wildman–Crippen MR) is 100 cm³/mol. The van der Waals surface area contributed by atoms with E-state index in [4.69, 9.17) is 11.6 Å². The molecule has 4 rings (SSSR count).